The van der Waals surface area contributed by atoms with Gasteiger partial charge < -0.3 is 10.2 Å². The van der Waals surface area contributed by atoms with Crippen molar-refractivity contribution in [2.24, 2.45) is 0 Å². The predicted molar refractivity (Wildman–Crippen MR) is 90.6 cm³/mol. The molecule has 1 aliphatic heterocycles. The van der Waals surface area contributed by atoms with E-state index in [2.05, 4.69) is 71.8 Å². The van der Waals surface area contributed by atoms with Crippen LogP contribution in [0.1, 0.15) is 44.3 Å². The van der Waals surface area contributed by atoms with Gasteiger partial charge in [0, 0.05) is 11.4 Å². The van der Waals surface area contributed by atoms with Crippen molar-refractivity contribution in [3.63, 3.8) is 0 Å². The fourth-order valence-corrected chi connectivity index (χ4v) is 3.55. The SMILES string of the molecule is CC1=CC2=C(CC1)NC(c1ccccc1)N2C1=CC=CCC1. The maximum Gasteiger partial charge on any atom is 0.130 e. The van der Waals surface area contributed by atoms with E-state index in [9.17, 15) is 0 Å². The van der Waals surface area contributed by atoms with E-state index in [0.29, 0.717) is 0 Å². The second-order valence-corrected chi connectivity index (χ2v) is 6.31. The second kappa shape index (κ2) is 5.53. The van der Waals surface area contributed by atoms with Gasteiger partial charge in [0.15, 0.2) is 0 Å². The zero-order valence-corrected chi connectivity index (χ0v) is 13.0. The minimum atomic E-state index is 0.228. The van der Waals surface area contributed by atoms with Gasteiger partial charge in [0.25, 0.3) is 0 Å². The molecule has 22 heavy (non-hydrogen) atoms. The van der Waals surface area contributed by atoms with Crippen molar-refractivity contribution in [2.45, 2.75) is 38.8 Å². The molecule has 2 aliphatic carbocycles. The Balaban J connectivity index is 1.77. The molecule has 0 saturated carbocycles. The highest BCUT2D eigenvalue weighted by Gasteiger charge is 2.34. The summed E-state index contributed by atoms with van der Waals surface area (Å²) >= 11 is 0. The first-order valence-corrected chi connectivity index (χ1v) is 8.20. The number of hydrogen-bond donors (Lipinski definition) is 1. The minimum Gasteiger partial charge on any atom is -0.363 e. The van der Waals surface area contributed by atoms with E-state index < -0.39 is 0 Å². The van der Waals surface area contributed by atoms with Crippen LogP contribution < -0.4 is 5.32 Å². The topological polar surface area (TPSA) is 15.3 Å². The smallest absolute Gasteiger partial charge is 0.130 e. The van der Waals surface area contributed by atoms with Crippen LogP contribution in [0.25, 0.3) is 0 Å². The molecule has 112 valence electrons. The molecule has 2 heteroatoms. The minimum absolute atomic E-state index is 0.228. The third-order valence-electron chi connectivity index (χ3n) is 4.71. The molecule has 0 radical (unpaired) electrons. The van der Waals surface area contributed by atoms with Gasteiger partial charge in [-0.15, -0.1) is 0 Å². The lowest BCUT2D eigenvalue weighted by atomic mass is 10.0. The van der Waals surface area contributed by atoms with Gasteiger partial charge in [-0.2, -0.15) is 0 Å². The van der Waals surface area contributed by atoms with Crippen molar-refractivity contribution in [2.75, 3.05) is 0 Å². The Hall–Kier alpha value is -2.22. The fourth-order valence-electron chi connectivity index (χ4n) is 3.55. The van der Waals surface area contributed by atoms with Gasteiger partial charge in [-0.05, 0) is 50.3 Å². The Morgan fingerprint density at radius 1 is 1.09 bits per heavy atom. The predicted octanol–water partition coefficient (Wildman–Crippen LogP) is 4.78. The lowest BCUT2D eigenvalue weighted by Crippen LogP contribution is -2.29. The maximum absolute atomic E-state index is 3.77. The summed E-state index contributed by atoms with van der Waals surface area (Å²) in [4.78, 5) is 2.51. The van der Waals surface area contributed by atoms with Crippen molar-refractivity contribution < 1.29 is 0 Å². The van der Waals surface area contributed by atoms with Crippen LogP contribution >= 0.6 is 0 Å². The van der Waals surface area contributed by atoms with Crippen LogP contribution in [0.5, 0.6) is 0 Å². The number of hydrogen-bond acceptors (Lipinski definition) is 2. The Kier molecular flexibility index (Phi) is 3.38. The van der Waals surface area contributed by atoms with Crippen LogP contribution in [-0.4, -0.2) is 4.90 Å². The molecule has 1 aromatic carbocycles. The first kappa shape index (κ1) is 13.4. The van der Waals surface area contributed by atoms with Gasteiger partial charge in [0.1, 0.15) is 6.17 Å². The molecule has 0 spiro atoms. The van der Waals surface area contributed by atoms with Gasteiger partial charge in [0.2, 0.25) is 0 Å². The van der Waals surface area contributed by atoms with Crippen molar-refractivity contribution in [1.82, 2.24) is 10.2 Å². The summed E-state index contributed by atoms with van der Waals surface area (Å²) in [5.74, 6) is 0. The Labute approximate surface area is 132 Å². The molecule has 0 fully saturated rings. The second-order valence-electron chi connectivity index (χ2n) is 6.31. The number of allylic oxidation sites excluding steroid dienone is 7. The Bertz CT molecular complexity index is 692. The van der Waals surface area contributed by atoms with E-state index in [0.717, 1.165) is 19.3 Å². The van der Waals surface area contributed by atoms with Crippen molar-refractivity contribution in [3.05, 3.63) is 82.9 Å². The summed E-state index contributed by atoms with van der Waals surface area (Å²) in [5, 5.41) is 3.77. The van der Waals surface area contributed by atoms with Gasteiger partial charge in [-0.1, -0.05) is 48.1 Å². The molecule has 0 aromatic heterocycles. The number of rotatable bonds is 2. The van der Waals surface area contributed by atoms with Crippen LogP contribution in [0, 0.1) is 0 Å². The van der Waals surface area contributed by atoms with Gasteiger partial charge in [-0.3, -0.25) is 0 Å². The summed E-state index contributed by atoms with van der Waals surface area (Å²) in [7, 11) is 0. The molecule has 0 bridgehead atoms. The van der Waals surface area contributed by atoms with Crippen LogP contribution in [0.2, 0.25) is 0 Å². The fraction of sp³-hybridized carbons (Fsp3) is 0.300. The van der Waals surface area contributed by atoms with Crippen molar-refractivity contribution in [1.29, 1.82) is 0 Å². The lowest BCUT2D eigenvalue weighted by molar-refractivity contribution is 0.321. The maximum atomic E-state index is 3.77. The van der Waals surface area contributed by atoms with Crippen molar-refractivity contribution in [3.8, 4) is 0 Å². The molecule has 4 rings (SSSR count). The summed E-state index contributed by atoms with van der Waals surface area (Å²) in [5.41, 5.74) is 7.00. The van der Waals surface area contributed by atoms with E-state index in [1.165, 1.54) is 34.6 Å². The highest BCUT2D eigenvalue weighted by Crippen LogP contribution is 2.41. The average Bonchev–Trinajstić information content (AvgIpc) is 2.95. The van der Waals surface area contributed by atoms with Gasteiger partial charge >= 0.3 is 0 Å². The average molecular weight is 290 g/mol. The molecule has 3 aliphatic rings. The van der Waals surface area contributed by atoms with Crippen LogP contribution in [0.4, 0.5) is 0 Å². The third-order valence-corrected chi connectivity index (χ3v) is 4.71. The van der Waals surface area contributed by atoms with Crippen molar-refractivity contribution >= 4 is 0 Å². The van der Waals surface area contributed by atoms with Crippen LogP contribution in [0.3, 0.4) is 0 Å². The Morgan fingerprint density at radius 2 is 1.95 bits per heavy atom. The summed E-state index contributed by atoms with van der Waals surface area (Å²) in [6.07, 6.45) is 13.9. The van der Waals surface area contributed by atoms with Crippen LogP contribution in [0.15, 0.2) is 77.3 Å². The van der Waals surface area contributed by atoms with E-state index in [1.807, 2.05) is 0 Å². The van der Waals surface area contributed by atoms with E-state index in [4.69, 9.17) is 0 Å². The molecular formula is C20H22N2. The lowest BCUT2D eigenvalue weighted by Gasteiger charge is -2.32. The molecule has 0 amide bonds. The normalized spacial score (nSPS) is 23.9. The Morgan fingerprint density at radius 3 is 2.73 bits per heavy atom. The molecule has 2 nitrogen and oxygen atoms in total. The molecule has 1 heterocycles. The summed E-state index contributed by atoms with van der Waals surface area (Å²) < 4.78 is 0. The summed E-state index contributed by atoms with van der Waals surface area (Å²) in [6.45, 7) is 2.24. The number of benzene rings is 1. The zero-order valence-electron chi connectivity index (χ0n) is 13.0. The third kappa shape index (κ3) is 2.29. The molecule has 0 saturated heterocycles. The summed E-state index contributed by atoms with van der Waals surface area (Å²) in [6, 6.07) is 10.8. The largest absolute Gasteiger partial charge is 0.363 e. The highest BCUT2D eigenvalue weighted by molar-refractivity contribution is 5.42. The molecule has 1 aromatic rings. The van der Waals surface area contributed by atoms with Gasteiger partial charge in [0.05, 0.1) is 5.70 Å². The number of nitrogens with one attached hydrogen (secondary N) is 1. The molecule has 1 unspecified atom stereocenters. The molecular weight excluding hydrogens is 268 g/mol. The quantitative estimate of drug-likeness (QED) is 0.843. The molecule has 1 N–H and O–H groups in total. The standard InChI is InChI=1S/C20H22N2/c1-15-12-13-18-19(14-15)22(17-10-6-3-7-11-17)20(21-18)16-8-4-2-5-9-16/h2-6,8-10,14,20-21H,7,11-13H2,1H3. The van der Waals surface area contributed by atoms with Crippen LogP contribution in [-0.2, 0) is 0 Å². The van der Waals surface area contributed by atoms with E-state index >= 15 is 0 Å². The first-order valence-electron chi connectivity index (χ1n) is 8.20. The van der Waals surface area contributed by atoms with E-state index in [1.54, 1.807) is 0 Å². The van der Waals surface area contributed by atoms with E-state index in [-0.39, 0.29) is 6.17 Å². The first-order chi connectivity index (χ1) is 10.8. The highest BCUT2D eigenvalue weighted by atomic mass is 15.3. The van der Waals surface area contributed by atoms with Gasteiger partial charge in [-0.25, -0.2) is 0 Å². The number of nitrogens with zero attached hydrogens (tertiary/aromatic N) is 1. The zero-order chi connectivity index (χ0) is 14.9. The monoisotopic (exact) mass is 290 g/mol. The molecule has 1 atom stereocenters.